The molecule has 30 heavy (non-hydrogen) atoms. The summed E-state index contributed by atoms with van der Waals surface area (Å²) in [4.78, 5) is 16.6. The number of hydrogen-bond acceptors (Lipinski definition) is 6. The molecule has 0 atom stereocenters. The highest BCUT2D eigenvalue weighted by molar-refractivity contribution is 9.10. The number of ether oxygens (including phenoxy) is 2. The largest absolute Gasteiger partial charge is 0.496 e. The Morgan fingerprint density at radius 1 is 1.30 bits per heavy atom. The molecule has 0 aliphatic heterocycles. The van der Waals surface area contributed by atoms with E-state index in [2.05, 4.69) is 31.5 Å². The number of methoxy groups -OCH3 is 1. The van der Waals surface area contributed by atoms with Crippen molar-refractivity contribution in [2.75, 3.05) is 19.0 Å². The van der Waals surface area contributed by atoms with Crippen molar-refractivity contribution in [1.29, 1.82) is 0 Å². The molecule has 0 saturated carbocycles. The highest BCUT2D eigenvalue weighted by atomic mass is 79.9. The zero-order valence-electron chi connectivity index (χ0n) is 16.0. The summed E-state index contributed by atoms with van der Waals surface area (Å²) in [5.41, 5.74) is 2.57. The highest BCUT2D eigenvalue weighted by Gasteiger charge is 2.11. The van der Waals surface area contributed by atoms with Gasteiger partial charge in [0.2, 0.25) is 0 Å². The van der Waals surface area contributed by atoms with Crippen molar-refractivity contribution in [3.63, 3.8) is 0 Å². The third kappa shape index (κ3) is 5.91. The molecule has 10 heteroatoms. The van der Waals surface area contributed by atoms with Gasteiger partial charge in [0.25, 0.3) is 5.91 Å². The molecule has 3 rings (SSSR count). The second-order valence-corrected chi connectivity index (χ2v) is 8.62. The van der Waals surface area contributed by atoms with E-state index in [0.717, 1.165) is 27.0 Å². The van der Waals surface area contributed by atoms with E-state index in [1.807, 2.05) is 30.5 Å². The summed E-state index contributed by atoms with van der Waals surface area (Å²) in [6.07, 6.45) is 0. The fraction of sp³-hybridized carbons (Fsp3) is 0.150. The summed E-state index contributed by atoms with van der Waals surface area (Å²) in [5, 5.41) is 8.73. The third-order valence-corrected chi connectivity index (χ3v) is 5.93. The molecule has 156 valence electrons. The lowest BCUT2D eigenvalue weighted by Crippen LogP contribution is -2.37. The van der Waals surface area contributed by atoms with E-state index in [4.69, 9.17) is 33.3 Å². The van der Waals surface area contributed by atoms with E-state index >= 15 is 0 Å². The Morgan fingerprint density at radius 3 is 2.80 bits per heavy atom. The Morgan fingerprint density at radius 2 is 2.10 bits per heavy atom. The molecule has 0 aliphatic carbocycles. The molecule has 0 radical (unpaired) electrons. The number of benzene rings is 2. The Hall–Kier alpha value is -2.20. The molecule has 0 unspecified atom stereocenters. The van der Waals surface area contributed by atoms with Crippen LogP contribution in [-0.2, 0) is 4.79 Å². The number of carbonyl (C=O) groups excluding carboxylic acids is 1. The molecule has 0 fully saturated rings. The van der Waals surface area contributed by atoms with Crippen LogP contribution in [0.4, 0.5) is 5.13 Å². The van der Waals surface area contributed by atoms with Crippen molar-refractivity contribution in [1.82, 2.24) is 10.3 Å². The molecule has 0 aliphatic rings. The summed E-state index contributed by atoms with van der Waals surface area (Å²) in [5.74, 6) is 0.921. The first kappa shape index (κ1) is 22.5. The highest BCUT2D eigenvalue weighted by Crippen LogP contribution is 2.32. The van der Waals surface area contributed by atoms with E-state index in [0.29, 0.717) is 15.9 Å². The van der Waals surface area contributed by atoms with E-state index in [9.17, 15) is 4.79 Å². The van der Waals surface area contributed by atoms with E-state index in [-0.39, 0.29) is 17.6 Å². The smallest absolute Gasteiger partial charge is 0.264 e. The van der Waals surface area contributed by atoms with Gasteiger partial charge in [0.15, 0.2) is 16.9 Å². The normalized spacial score (nSPS) is 10.4. The molecule has 6 nitrogen and oxygen atoms in total. The third-order valence-electron chi connectivity index (χ3n) is 3.92. The number of hydrogen-bond donors (Lipinski definition) is 2. The first-order chi connectivity index (χ1) is 14.4. The fourth-order valence-electron chi connectivity index (χ4n) is 2.44. The van der Waals surface area contributed by atoms with Gasteiger partial charge in [-0.05, 0) is 77.0 Å². The molecule has 1 aromatic heterocycles. The average molecular weight is 527 g/mol. The lowest BCUT2D eigenvalue weighted by Gasteiger charge is -2.09. The summed E-state index contributed by atoms with van der Waals surface area (Å²) in [6.45, 7) is 1.69. The molecule has 0 bridgehead atoms. The Bertz CT molecular complexity index is 1090. The lowest BCUT2D eigenvalue weighted by molar-refractivity contribution is -0.121. The van der Waals surface area contributed by atoms with E-state index in [1.165, 1.54) is 11.3 Å². The lowest BCUT2D eigenvalue weighted by atomic mass is 10.2. The monoisotopic (exact) mass is 525 g/mol. The molecule has 3 aromatic rings. The van der Waals surface area contributed by atoms with Crippen LogP contribution >= 0.6 is 51.1 Å². The Balaban J connectivity index is 1.53. The topological polar surface area (TPSA) is 72.5 Å². The summed E-state index contributed by atoms with van der Waals surface area (Å²) in [6, 6.07) is 10.9. The number of anilines is 1. The number of aromatic nitrogens is 1. The van der Waals surface area contributed by atoms with Gasteiger partial charge in [-0.2, -0.15) is 0 Å². The first-order valence-corrected chi connectivity index (χ1v) is 11.1. The summed E-state index contributed by atoms with van der Waals surface area (Å²) >= 11 is 16.0. The van der Waals surface area contributed by atoms with Gasteiger partial charge in [-0.25, -0.2) is 4.98 Å². The average Bonchev–Trinajstić information content (AvgIpc) is 3.17. The predicted molar refractivity (Wildman–Crippen MR) is 128 cm³/mol. The van der Waals surface area contributed by atoms with Crippen LogP contribution < -0.4 is 20.1 Å². The van der Waals surface area contributed by atoms with Crippen molar-refractivity contribution >= 4 is 67.2 Å². The molecular formula is C20H17BrClN3O3S2. The fourth-order valence-corrected chi connectivity index (χ4v) is 4.09. The van der Waals surface area contributed by atoms with E-state index in [1.54, 1.807) is 25.3 Å². The number of thiocarbonyl (C=S) groups is 1. The number of amides is 1. The maximum atomic E-state index is 12.1. The summed E-state index contributed by atoms with van der Waals surface area (Å²) < 4.78 is 11.5. The minimum atomic E-state index is -0.379. The molecular weight excluding hydrogens is 510 g/mol. The quantitative estimate of drug-likeness (QED) is 0.417. The van der Waals surface area contributed by atoms with Gasteiger partial charge in [0.1, 0.15) is 11.5 Å². The molecule has 2 N–H and O–H groups in total. The van der Waals surface area contributed by atoms with Crippen molar-refractivity contribution in [2.45, 2.75) is 6.92 Å². The van der Waals surface area contributed by atoms with Crippen molar-refractivity contribution in [2.24, 2.45) is 0 Å². The number of aryl methyl sites for hydroxylation is 1. The van der Waals surface area contributed by atoms with Crippen LogP contribution in [0.5, 0.6) is 11.5 Å². The van der Waals surface area contributed by atoms with Crippen LogP contribution in [0.2, 0.25) is 5.02 Å². The predicted octanol–water partition coefficient (Wildman–Crippen LogP) is 5.44. The van der Waals surface area contributed by atoms with Crippen LogP contribution in [0.3, 0.4) is 0 Å². The molecule has 0 spiro atoms. The number of rotatable bonds is 6. The first-order valence-electron chi connectivity index (χ1n) is 8.65. The second-order valence-electron chi connectivity index (χ2n) is 6.09. The molecule has 0 saturated heterocycles. The Labute approximate surface area is 196 Å². The minimum Gasteiger partial charge on any atom is -0.496 e. The minimum absolute atomic E-state index is 0.146. The van der Waals surface area contributed by atoms with Crippen LogP contribution in [0.1, 0.15) is 5.56 Å². The van der Waals surface area contributed by atoms with Crippen LogP contribution in [0, 0.1) is 6.92 Å². The molecule has 1 heterocycles. The standard InChI is InChI=1S/C20H17BrClN3O3S2/c1-11-7-13(4-5-15(11)22)28-9-18(26)24-19(29)25-20-23-16(10-30-20)12-3-6-17(27-2)14(21)8-12/h3-8,10H,9H2,1-2H3,(H2,23,24,25,26,29). The van der Waals surface area contributed by atoms with Gasteiger partial charge >= 0.3 is 0 Å². The van der Waals surface area contributed by atoms with Gasteiger partial charge in [0, 0.05) is 16.0 Å². The van der Waals surface area contributed by atoms with Gasteiger partial charge in [-0.3, -0.25) is 10.1 Å². The van der Waals surface area contributed by atoms with Crippen molar-refractivity contribution in [3.05, 3.63) is 56.8 Å². The van der Waals surface area contributed by atoms with Gasteiger partial charge in [0.05, 0.1) is 17.3 Å². The van der Waals surface area contributed by atoms with Crippen LogP contribution in [-0.4, -0.2) is 29.7 Å². The van der Waals surface area contributed by atoms with Gasteiger partial charge in [-0.15, -0.1) is 11.3 Å². The number of halogens is 2. The Kier molecular flexibility index (Phi) is 7.65. The maximum Gasteiger partial charge on any atom is 0.264 e. The van der Waals surface area contributed by atoms with E-state index < -0.39 is 0 Å². The van der Waals surface area contributed by atoms with Crippen LogP contribution in [0.25, 0.3) is 11.3 Å². The SMILES string of the molecule is COc1ccc(-c2csc(NC(=S)NC(=O)COc3ccc(Cl)c(C)c3)n2)cc1Br. The van der Waals surface area contributed by atoms with Gasteiger partial charge < -0.3 is 14.8 Å². The number of carbonyl (C=O) groups is 1. The number of thiazole rings is 1. The molecule has 2 aromatic carbocycles. The second kappa shape index (κ2) is 10.2. The van der Waals surface area contributed by atoms with Crippen molar-refractivity contribution in [3.8, 4) is 22.8 Å². The number of nitrogens with zero attached hydrogens (tertiary/aromatic N) is 1. The summed E-state index contributed by atoms with van der Waals surface area (Å²) in [7, 11) is 1.61. The zero-order valence-corrected chi connectivity index (χ0v) is 20.0. The zero-order chi connectivity index (χ0) is 21.7. The van der Waals surface area contributed by atoms with Crippen molar-refractivity contribution < 1.29 is 14.3 Å². The molecule has 1 amide bonds. The number of nitrogens with one attached hydrogen (secondary N) is 2. The van der Waals surface area contributed by atoms with Gasteiger partial charge in [-0.1, -0.05) is 11.6 Å². The maximum absolute atomic E-state index is 12.1. The van der Waals surface area contributed by atoms with Crippen LogP contribution in [0.15, 0.2) is 46.3 Å².